The first-order valence-electron chi connectivity index (χ1n) is 7.19. The van der Waals surface area contributed by atoms with E-state index >= 15 is 0 Å². The number of rotatable bonds is 6. The smallest absolute Gasteiger partial charge is 0.251 e. The van der Waals surface area contributed by atoms with Gasteiger partial charge in [-0.3, -0.25) is 9.59 Å². The lowest BCUT2D eigenvalue weighted by molar-refractivity contribution is -0.116. The fraction of sp³-hybridized carbons (Fsp3) is 0.500. The van der Waals surface area contributed by atoms with E-state index in [0.717, 1.165) is 13.0 Å². The molecule has 0 radical (unpaired) electrons. The number of nitrogens with one attached hydrogen (secondary N) is 3. The van der Waals surface area contributed by atoms with Crippen LogP contribution in [0.4, 0.5) is 5.69 Å². The second-order valence-corrected chi connectivity index (χ2v) is 6.04. The number of amides is 2. The van der Waals surface area contributed by atoms with Crippen LogP contribution in [-0.4, -0.2) is 30.9 Å². The molecular weight excluding hydrogens is 302 g/mol. The van der Waals surface area contributed by atoms with Crippen LogP contribution >= 0.6 is 12.4 Å². The van der Waals surface area contributed by atoms with Gasteiger partial charge in [0, 0.05) is 23.2 Å². The highest BCUT2D eigenvalue weighted by Gasteiger charge is 2.15. The average Bonchev–Trinajstić information content (AvgIpc) is 2.37. The summed E-state index contributed by atoms with van der Waals surface area (Å²) in [5.41, 5.74) is 0.896. The number of hydrogen-bond acceptors (Lipinski definition) is 3. The third kappa shape index (κ3) is 8.00. The standard InChI is InChI=1S/C16H25N3O2.ClH/c1-16(2,3)19-15(21)12-7-5-8-13(11-12)18-14(20)9-6-10-17-4;/h5,7-8,11,17H,6,9-10H2,1-4H3,(H,18,20)(H,19,21);1H. The van der Waals surface area contributed by atoms with E-state index in [-0.39, 0.29) is 29.8 Å². The summed E-state index contributed by atoms with van der Waals surface area (Å²) in [6, 6.07) is 6.97. The molecule has 3 N–H and O–H groups in total. The lowest BCUT2D eigenvalue weighted by atomic mass is 10.1. The fourth-order valence-corrected chi connectivity index (χ4v) is 1.80. The molecule has 0 atom stereocenters. The van der Waals surface area contributed by atoms with E-state index < -0.39 is 0 Å². The van der Waals surface area contributed by atoms with E-state index in [4.69, 9.17) is 0 Å². The second-order valence-electron chi connectivity index (χ2n) is 6.04. The molecule has 0 aromatic heterocycles. The van der Waals surface area contributed by atoms with Crippen molar-refractivity contribution in [1.82, 2.24) is 10.6 Å². The fourth-order valence-electron chi connectivity index (χ4n) is 1.80. The molecule has 0 unspecified atom stereocenters. The number of hydrogen-bond donors (Lipinski definition) is 3. The van der Waals surface area contributed by atoms with Crippen molar-refractivity contribution in [3.8, 4) is 0 Å². The zero-order valence-electron chi connectivity index (χ0n) is 13.7. The number of carbonyl (C=O) groups excluding carboxylic acids is 2. The quantitative estimate of drug-likeness (QED) is 0.703. The monoisotopic (exact) mass is 327 g/mol. The van der Waals surface area contributed by atoms with Crippen molar-refractivity contribution in [3.63, 3.8) is 0 Å². The molecule has 1 rings (SSSR count). The van der Waals surface area contributed by atoms with Gasteiger partial charge in [0.15, 0.2) is 0 Å². The van der Waals surface area contributed by atoms with Crippen molar-refractivity contribution in [2.75, 3.05) is 18.9 Å². The largest absolute Gasteiger partial charge is 0.347 e. The van der Waals surface area contributed by atoms with Gasteiger partial charge in [-0.15, -0.1) is 12.4 Å². The lowest BCUT2D eigenvalue weighted by Gasteiger charge is -2.20. The molecule has 0 heterocycles. The number of benzene rings is 1. The van der Waals surface area contributed by atoms with Crippen LogP contribution < -0.4 is 16.0 Å². The summed E-state index contributed by atoms with van der Waals surface area (Å²) in [6.45, 7) is 6.59. The van der Waals surface area contributed by atoms with Gasteiger partial charge in [0.1, 0.15) is 0 Å². The van der Waals surface area contributed by atoms with Crippen LogP contribution in [0.5, 0.6) is 0 Å². The molecule has 6 heteroatoms. The molecule has 124 valence electrons. The lowest BCUT2D eigenvalue weighted by Crippen LogP contribution is -2.40. The molecule has 0 aliphatic rings. The maximum absolute atomic E-state index is 12.1. The first kappa shape index (κ1) is 20.4. The van der Waals surface area contributed by atoms with Crippen LogP contribution in [-0.2, 0) is 4.79 Å². The molecule has 5 nitrogen and oxygen atoms in total. The molecule has 0 aliphatic carbocycles. The third-order valence-electron chi connectivity index (χ3n) is 2.73. The minimum absolute atomic E-state index is 0. The van der Waals surface area contributed by atoms with Gasteiger partial charge in [-0.2, -0.15) is 0 Å². The van der Waals surface area contributed by atoms with Gasteiger partial charge in [0.2, 0.25) is 5.91 Å². The molecule has 0 fully saturated rings. The van der Waals surface area contributed by atoms with Crippen molar-refractivity contribution in [3.05, 3.63) is 29.8 Å². The zero-order chi connectivity index (χ0) is 15.9. The van der Waals surface area contributed by atoms with Gasteiger partial charge in [0.25, 0.3) is 5.91 Å². The molecule has 1 aromatic rings. The van der Waals surface area contributed by atoms with Crippen LogP contribution in [0.2, 0.25) is 0 Å². The number of halogens is 1. The average molecular weight is 328 g/mol. The highest BCUT2D eigenvalue weighted by atomic mass is 35.5. The molecule has 0 spiro atoms. The minimum atomic E-state index is -0.288. The summed E-state index contributed by atoms with van der Waals surface area (Å²) in [5, 5.41) is 8.71. The first-order chi connectivity index (χ1) is 9.81. The summed E-state index contributed by atoms with van der Waals surface area (Å²) < 4.78 is 0. The van der Waals surface area contributed by atoms with Crippen LogP contribution in [0, 0.1) is 0 Å². The van der Waals surface area contributed by atoms with Crippen molar-refractivity contribution in [2.24, 2.45) is 0 Å². The molecule has 0 saturated heterocycles. The predicted octanol–water partition coefficient (Wildman–Crippen LogP) is 2.57. The Bertz CT molecular complexity index is 498. The Morgan fingerprint density at radius 2 is 1.86 bits per heavy atom. The van der Waals surface area contributed by atoms with E-state index in [1.165, 1.54) is 0 Å². The van der Waals surface area contributed by atoms with E-state index in [1.54, 1.807) is 24.3 Å². The maximum Gasteiger partial charge on any atom is 0.251 e. The molecule has 22 heavy (non-hydrogen) atoms. The van der Waals surface area contributed by atoms with Gasteiger partial charge in [-0.05, 0) is 59.0 Å². The van der Waals surface area contributed by atoms with Crippen LogP contribution in [0.1, 0.15) is 44.0 Å². The zero-order valence-corrected chi connectivity index (χ0v) is 14.5. The van der Waals surface area contributed by atoms with Gasteiger partial charge in [-0.1, -0.05) is 6.07 Å². The highest BCUT2D eigenvalue weighted by Crippen LogP contribution is 2.12. The van der Waals surface area contributed by atoms with Crippen molar-refractivity contribution in [2.45, 2.75) is 39.2 Å². The Morgan fingerprint density at radius 3 is 2.45 bits per heavy atom. The Kier molecular flexibility index (Phi) is 8.75. The molecular formula is C16H26ClN3O2. The van der Waals surface area contributed by atoms with Gasteiger partial charge in [0.05, 0.1) is 0 Å². The van der Waals surface area contributed by atoms with E-state index in [9.17, 15) is 9.59 Å². The highest BCUT2D eigenvalue weighted by molar-refractivity contribution is 5.97. The Balaban J connectivity index is 0.00000441. The Morgan fingerprint density at radius 1 is 1.18 bits per heavy atom. The second kappa shape index (κ2) is 9.43. The van der Waals surface area contributed by atoms with Crippen LogP contribution in [0.25, 0.3) is 0 Å². The number of anilines is 1. The molecule has 0 saturated carbocycles. The van der Waals surface area contributed by atoms with Gasteiger partial charge < -0.3 is 16.0 Å². The first-order valence-corrected chi connectivity index (χ1v) is 7.19. The molecule has 0 aliphatic heterocycles. The molecule has 1 aromatic carbocycles. The van der Waals surface area contributed by atoms with E-state index in [1.807, 2.05) is 27.8 Å². The van der Waals surface area contributed by atoms with E-state index in [2.05, 4.69) is 16.0 Å². The molecule has 0 bridgehead atoms. The Labute approximate surface area is 138 Å². The summed E-state index contributed by atoms with van der Waals surface area (Å²) in [6.07, 6.45) is 1.24. The topological polar surface area (TPSA) is 70.2 Å². The van der Waals surface area contributed by atoms with Crippen molar-refractivity contribution in [1.29, 1.82) is 0 Å². The minimum Gasteiger partial charge on any atom is -0.347 e. The summed E-state index contributed by atoms with van der Waals surface area (Å²) >= 11 is 0. The predicted molar refractivity (Wildman–Crippen MR) is 92.7 cm³/mol. The van der Waals surface area contributed by atoms with Crippen LogP contribution in [0.3, 0.4) is 0 Å². The normalized spacial score (nSPS) is 10.5. The molecule has 2 amide bonds. The van der Waals surface area contributed by atoms with Crippen molar-refractivity contribution < 1.29 is 9.59 Å². The summed E-state index contributed by atoms with van der Waals surface area (Å²) in [7, 11) is 1.86. The van der Waals surface area contributed by atoms with Gasteiger partial charge in [-0.25, -0.2) is 0 Å². The van der Waals surface area contributed by atoms with Gasteiger partial charge >= 0.3 is 0 Å². The van der Waals surface area contributed by atoms with Crippen molar-refractivity contribution >= 4 is 29.9 Å². The van der Waals surface area contributed by atoms with Crippen LogP contribution in [0.15, 0.2) is 24.3 Å². The summed E-state index contributed by atoms with van der Waals surface area (Å²) in [4.78, 5) is 23.8. The van der Waals surface area contributed by atoms with E-state index in [0.29, 0.717) is 17.7 Å². The Hall–Kier alpha value is -1.59. The SMILES string of the molecule is CNCCCC(=O)Nc1cccc(C(=O)NC(C)(C)C)c1.Cl. The summed E-state index contributed by atoms with van der Waals surface area (Å²) in [5.74, 6) is -0.188. The maximum atomic E-state index is 12.1. The third-order valence-corrected chi connectivity index (χ3v) is 2.73. The number of carbonyl (C=O) groups is 2.